The Labute approximate surface area is 180 Å². The van der Waals surface area contributed by atoms with Crippen LogP contribution < -0.4 is 16.0 Å². The lowest BCUT2D eigenvalue weighted by Gasteiger charge is -2.41. The Hall–Kier alpha value is -1.91. The van der Waals surface area contributed by atoms with Crippen LogP contribution in [0, 0.1) is 0 Å². The molecule has 2 heterocycles. The van der Waals surface area contributed by atoms with E-state index < -0.39 is 17.9 Å². The van der Waals surface area contributed by atoms with Crippen LogP contribution in [0.3, 0.4) is 0 Å². The number of halogens is 3. The Balaban J connectivity index is 1.83. The lowest BCUT2D eigenvalue weighted by atomic mass is 9.92. The molecule has 2 aliphatic rings. The number of nitrogens with two attached hydrogens (primary N) is 1. The number of nitrogens with zero attached hydrogens (tertiary/aromatic N) is 3. The number of aliphatic imine (C=N–C) groups is 1. The number of piperidine rings is 1. The highest BCUT2D eigenvalue weighted by Gasteiger charge is 2.36. The van der Waals surface area contributed by atoms with E-state index in [4.69, 9.17) is 15.6 Å². The molecule has 1 saturated heterocycles. The largest absolute Gasteiger partial charge is 0.578 e. The number of hydrogen-bond acceptors (Lipinski definition) is 6. The predicted molar refractivity (Wildman–Crippen MR) is 114 cm³/mol. The number of rotatable bonds is 6. The van der Waals surface area contributed by atoms with Gasteiger partial charge in [-0.15, -0.1) is 0 Å². The van der Waals surface area contributed by atoms with E-state index in [0.717, 1.165) is 31.5 Å². The molecule has 1 aliphatic heterocycles. The minimum atomic E-state index is -4.55. The highest BCUT2D eigenvalue weighted by atomic mass is 19.4. The molecule has 2 fully saturated rings. The van der Waals surface area contributed by atoms with Crippen LogP contribution in [0.5, 0.6) is 0 Å². The van der Waals surface area contributed by atoms with Crippen molar-refractivity contribution in [1.82, 2.24) is 10.3 Å². The van der Waals surface area contributed by atoms with Gasteiger partial charge in [0, 0.05) is 38.5 Å². The summed E-state index contributed by atoms with van der Waals surface area (Å²) in [5.41, 5.74) is 4.76. The average Bonchev–Trinajstić information content (AvgIpc) is 2.73. The Morgan fingerprint density at radius 1 is 1.32 bits per heavy atom. The highest BCUT2D eigenvalue weighted by molar-refractivity contribution is 5.97. The Morgan fingerprint density at radius 2 is 2.03 bits per heavy atom. The Kier molecular flexibility index (Phi) is 7.77. The fourth-order valence-corrected chi connectivity index (χ4v) is 4.42. The summed E-state index contributed by atoms with van der Waals surface area (Å²) in [7, 11) is 1.65. The molecule has 0 spiro atoms. The molecule has 0 amide bonds. The summed E-state index contributed by atoms with van der Waals surface area (Å²) in [4.78, 5) is 9.92. The van der Waals surface area contributed by atoms with Gasteiger partial charge >= 0.3 is 12.1 Å². The Morgan fingerprint density at radius 3 is 2.65 bits per heavy atom. The zero-order chi connectivity index (χ0) is 22.6. The van der Waals surface area contributed by atoms with Crippen LogP contribution in [0.4, 0.5) is 19.0 Å². The average molecular weight is 445 g/mol. The van der Waals surface area contributed by atoms with Gasteiger partial charge in [-0.05, 0) is 32.3 Å². The summed E-state index contributed by atoms with van der Waals surface area (Å²) in [5, 5.41) is 11.9. The molecule has 3 rings (SSSR count). The van der Waals surface area contributed by atoms with E-state index in [0.29, 0.717) is 24.9 Å². The molecule has 0 radical (unpaired) electrons. The first-order valence-electron chi connectivity index (χ1n) is 10.9. The van der Waals surface area contributed by atoms with Crippen molar-refractivity contribution in [2.75, 3.05) is 25.1 Å². The van der Waals surface area contributed by atoms with Crippen LogP contribution in [0.25, 0.3) is 0 Å². The quantitative estimate of drug-likeness (QED) is 0.399. The number of hydrogen-bond donors (Lipinski definition) is 2. The number of ether oxygens (including phenoxy) is 1. The molecule has 1 aromatic heterocycles. The number of nitrogens with one attached hydrogen (secondary N) is 1. The SMILES string of the molecule is COC1CN(c2ncc(C(F)(F)F)cc2/C([OH2+])=N/C(C)N)CCC1NC1CCCCC1. The monoisotopic (exact) mass is 444 g/mol. The number of methoxy groups -OCH3 is 1. The molecular formula is C21H33F3N5O2+. The van der Waals surface area contributed by atoms with Gasteiger partial charge in [-0.3, -0.25) is 0 Å². The van der Waals surface area contributed by atoms with Crippen LogP contribution in [0.1, 0.15) is 56.6 Å². The van der Waals surface area contributed by atoms with Crippen molar-refractivity contribution < 1.29 is 23.0 Å². The van der Waals surface area contributed by atoms with Crippen LogP contribution in [-0.2, 0) is 10.9 Å². The van der Waals surface area contributed by atoms with E-state index in [-0.39, 0.29) is 23.6 Å². The van der Waals surface area contributed by atoms with Crippen molar-refractivity contribution >= 4 is 11.7 Å². The number of pyridine rings is 1. The maximum Gasteiger partial charge on any atom is 0.417 e. The number of anilines is 1. The van der Waals surface area contributed by atoms with Crippen molar-refractivity contribution in [1.29, 1.82) is 0 Å². The molecular weight excluding hydrogens is 411 g/mol. The molecule has 3 unspecified atom stereocenters. The zero-order valence-electron chi connectivity index (χ0n) is 18.1. The third-order valence-electron chi connectivity index (χ3n) is 6.00. The third-order valence-corrected chi connectivity index (χ3v) is 6.00. The van der Waals surface area contributed by atoms with Crippen LogP contribution in [0.15, 0.2) is 17.3 Å². The van der Waals surface area contributed by atoms with E-state index in [1.54, 1.807) is 14.0 Å². The summed E-state index contributed by atoms with van der Waals surface area (Å²) in [5.74, 6) is 0.000544. The van der Waals surface area contributed by atoms with Gasteiger partial charge in [0.25, 0.3) is 0 Å². The van der Waals surface area contributed by atoms with Gasteiger partial charge in [-0.2, -0.15) is 18.2 Å². The first-order valence-corrected chi connectivity index (χ1v) is 10.9. The number of aromatic nitrogens is 1. The molecule has 1 aliphatic carbocycles. The van der Waals surface area contributed by atoms with Crippen molar-refractivity contribution in [3.63, 3.8) is 0 Å². The molecule has 10 heteroatoms. The maximum absolute atomic E-state index is 13.3. The standard InChI is InChI=1S/C21H32F3N5O2/c1-13(25)27-20(30)16-10-14(21(22,23)24)11-26-19(16)29-9-8-17(18(12-29)31-2)28-15-6-4-3-5-7-15/h10-11,13,15,17-18,28H,3-9,12,25H2,1-2H3,(H,27,30)/p+1. The lowest BCUT2D eigenvalue weighted by molar-refractivity contribution is -0.137. The van der Waals surface area contributed by atoms with Gasteiger partial charge < -0.3 is 25.8 Å². The second-order valence-electron chi connectivity index (χ2n) is 8.43. The molecule has 3 atom stereocenters. The van der Waals surface area contributed by atoms with Gasteiger partial charge in [0.1, 0.15) is 17.5 Å². The van der Waals surface area contributed by atoms with E-state index in [2.05, 4.69) is 15.3 Å². The van der Waals surface area contributed by atoms with E-state index in [1.165, 1.54) is 19.3 Å². The first-order chi connectivity index (χ1) is 14.7. The number of alkyl halides is 3. The highest BCUT2D eigenvalue weighted by Crippen LogP contribution is 2.33. The maximum atomic E-state index is 13.3. The molecule has 1 aromatic rings. The topological polar surface area (TPSA) is 98.7 Å². The molecule has 7 nitrogen and oxygen atoms in total. The van der Waals surface area contributed by atoms with Crippen molar-refractivity contribution in [2.45, 2.75) is 76.0 Å². The van der Waals surface area contributed by atoms with E-state index in [9.17, 15) is 13.2 Å². The van der Waals surface area contributed by atoms with Gasteiger partial charge in [0.15, 0.2) is 0 Å². The Bertz CT molecular complexity index is 766. The van der Waals surface area contributed by atoms with Crippen molar-refractivity contribution in [3.05, 3.63) is 23.4 Å². The van der Waals surface area contributed by atoms with Gasteiger partial charge in [0.05, 0.1) is 11.7 Å². The predicted octanol–water partition coefficient (Wildman–Crippen LogP) is 2.39. The summed E-state index contributed by atoms with van der Waals surface area (Å²) >= 11 is 0. The summed E-state index contributed by atoms with van der Waals surface area (Å²) in [6.07, 6.45) is 2.27. The fourth-order valence-electron chi connectivity index (χ4n) is 4.42. The molecule has 1 saturated carbocycles. The second kappa shape index (κ2) is 10.1. The first kappa shape index (κ1) is 23.7. The molecule has 31 heavy (non-hydrogen) atoms. The fraction of sp³-hybridized carbons (Fsp3) is 0.714. The summed E-state index contributed by atoms with van der Waals surface area (Å²) < 4.78 is 45.5. The van der Waals surface area contributed by atoms with E-state index in [1.807, 2.05) is 4.90 Å². The summed E-state index contributed by atoms with van der Waals surface area (Å²) in [6.45, 7) is 2.64. The van der Waals surface area contributed by atoms with Crippen LogP contribution in [-0.4, -0.2) is 60.5 Å². The molecule has 5 N–H and O–H groups in total. The van der Waals surface area contributed by atoms with Crippen molar-refractivity contribution in [3.8, 4) is 0 Å². The van der Waals surface area contributed by atoms with E-state index >= 15 is 0 Å². The normalized spacial score (nSPS) is 25.0. The summed E-state index contributed by atoms with van der Waals surface area (Å²) in [6, 6.07) is 1.60. The zero-order valence-corrected chi connectivity index (χ0v) is 18.1. The minimum absolute atomic E-state index is 0.0284. The molecule has 174 valence electrons. The van der Waals surface area contributed by atoms with Gasteiger partial charge in [0.2, 0.25) is 0 Å². The van der Waals surface area contributed by atoms with Gasteiger partial charge in [-0.25, -0.2) is 4.98 Å². The smallest absolute Gasteiger partial charge is 0.417 e. The third kappa shape index (κ3) is 6.08. The second-order valence-corrected chi connectivity index (χ2v) is 8.43. The van der Waals surface area contributed by atoms with Crippen LogP contribution in [0.2, 0.25) is 0 Å². The van der Waals surface area contributed by atoms with Gasteiger partial charge in [-0.1, -0.05) is 19.3 Å². The van der Waals surface area contributed by atoms with Crippen LogP contribution >= 0.6 is 0 Å². The molecule has 0 bridgehead atoms. The molecule has 0 aromatic carbocycles. The van der Waals surface area contributed by atoms with Crippen molar-refractivity contribution in [2.24, 2.45) is 10.7 Å². The lowest BCUT2D eigenvalue weighted by Crippen LogP contribution is -2.56. The minimum Gasteiger partial charge on any atom is -0.578 e.